The number of ether oxygens (including phenoxy) is 2. The van der Waals surface area contributed by atoms with Crippen molar-refractivity contribution >= 4 is 16.9 Å². The zero-order chi connectivity index (χ0) is 22.9. The van der Waals surface area contributed by atoms with Crippen molar-refractivity contribution < 1.29 is 18.8 Å². The van der Waals surface area contributed by atoms with E-state index in [9.17, 15) is 10.1 Å². The molecule has 1 aliphatic carbocycles. The molecule has 1 aliphatic rings. The number of benzene rings is 2. The highest BCUT2D eigenvalue weighted by atomic mass is 16.5. The number of aromatic nitrogens is 3. The van der Waals surface area contributed by atoms with Gasteiger partial charge in [0.1, 0.15) is 11.8 Å². The quantitative estimate of drug-likeness (QED) is 0.429. The fourth-order valence-corrected chi connectivity index (χ4v) is 4.50. The monoisotopic (exact) mass is 442 g/mol. The molecule has 4 aromatic rings. The van der Waals surface area contributed by atoms with E-state index < -0.39 is 0 Å². The second kappa shape index (κ2) is 8.43. The number of carbonyl (C=O) groups is 1. The van der Waals surface area contributed by atoms with Crippen molar-refractivity contribution in [2.45, 2.75) is 32.1 Å². The number of nitrogens with one attached hydrogen (secondary N) is 1. The molecule has 0 saturated carbocycles. The van der Waals surface area contributed by atoms with E-state index in [1.807, 2.05) is 19.1 Å². The van der Waals surface area contributed by atoms with Crippen LogP contribution in [0.4, 0.5) is 0 Å². The Hall–Kier alpha value is -4.12. The first kappa shape index (κ1) is 20.8. The van der Waals surface area contributed by atoms with Crippen molar-refractivity contribution in [3.05, 3.63) is 53.2 Å². The third kappa shape index (κ3) is 3.72. The highest BCUT2D eigenvalue weighted by Gasteiger charge is 2.29. The summed E-state index contributed by atoms with van der Waals surface area (Å²) >= 11 is 0. The van der Waals surface area contributed by atoms with E-state index >= 15 is 0 Å². The van der Waals surface area contributed by atoms with E-state index in [0.29, 0.717) is 41.6 Å². The molecule has 2 aromatic heterocycles. The number of fused-ring (bicyclic) bond motifs is 3. The molecule has 1 atom stereocenters. The van der Waals surface area contributed by atoms with Gasteiger partial charge in [-0.05, 0) is 61.7 Å². The Morgan fingerprint density at radius 1 is 1.27 bits per heavy atom. The number of aryl methyl sites for hydroxylation is 1. The Kier molecular flexibility index (Phi) is 5.31. The second-order valence-electron chi connectivity index (χ2n) is 7.97. The summed E-state index contributed by atoms with van der Waals surface area (Å²) in [5, 5.41) is 14.6. The van der Waals surface area contributed by atoms with Crippen LogP contribution in [0, 0.1) is 11.3 Å². The summed E-state index contributed by atoms with van der Waals surface area (Å²) in [5.41, 5.74) is 5.26. The van der Waals surface area contributed by atoms with Crippen molar-refractivity contribution in [3.63, 3.8) is 0 Å². The lowest BCUT2D eigenvalue weighted by Crippen LogP contribution is -2.08. The molecule has 2 heterocycles. The molecule has 1 unspecified atom stereocenters. The molecule has 5 rings (SSSR count). The molecule has 0 fully saturated rings. The fraction of sp³-hybridized carbons (Fsp3) is 0.280. The smallest absolute Gasteiger partial charge is 0.306 e. The summed E-state index contributed by atoms with van der Waals surface area (Å²) in [4.78, 5) is 20.0. The number of aromatic amines is 1. The van der Waals surface area contributed by atoms with Crippen LogP contribution in [0.3, 0.4) is 0 Å². The van der Waals surface area contributed by atoms with E-state index in [-0.39, 0.29) is 11.9 Å². The Balaban J connectivity index is 1.45. The first-order chi connectivity index (χ1) is 16.1. The lowest BCUT2D eigenvalue weighted by Gasteiger charge is -2.08. The van der Waals surface area contributed by atoms with Gasteiger partial charge in [-0.1, -0.05) is 5.16 Å². The van der Waals surface area contributed by atoms with Gasteiger partial charge < -0.3 is 19.0 Å². The van der Waals surface area contributed by atoms with Crippen molar-refractivity contribution in [1.29, 1.82) is 5.26 Å². The summed E-state index contributed by atoms with van der Waals surface area (Å²) in [6.45, 7) is 2.22. The van der Waals surface area contributed by atoms with Crippen LogP contribution in [0.1, 0.15) is 42.5 Å². The normalized spacial score (nSPS) is 14.8. The Labute approximate surface area is 190 Å². The maximum Gasteiger partial charge on any atom is 0.306 e. The number of H-pyrrole nitrogens is 1. The minimum Gasteiger partial charge on any atom is -0.495 e. The van der Waals surface area contributed by atoms with Crippen LogP contribution in [-0.4, -0.2) is 34.8 Å². The summed E-state index contributed by atoms with van der Waals surface area (Å²) in [6.07, 6.45) is 2.22. The van der Waals surface area contributed by atoms with E-state index in [2.05, 4.69) is 27.3 Å². The standard InChI is InChI=1S/C25H22N4O4/c1-3-32-22(30)12-14-4-7-18-19-11-15(5-8-20(19)27-23(14)18)24-28-25(33-29-24)16-6-9-21(31-2)17(10-16)13-26/h5-6,8-11,14,27H,3-4,7,12H2,1-2H3. The van der Waals surface area contributed by atoms with Crippen molar-refractivity contribution in [1.82, 2.24) is 15.1 Å². The number of nitrogens with zero attached hydrogens (tertiary/aromatic N) is 3. The zero-order valence-electron chi connectivity index (χ0n) is 18.3. The van der Waals surface area contributed by atoms with Gasteiger partial charge in [-0.25, -0.2) is 0 Å². The molecule has 0 amide bonds. The summed E-state index contributed by atoms with van der Waals surface area (Å²) in [5.74, 6) is 1.28. The van der Waals surface area contributed by atoms with E-state index in [1.54, 1.807) is 18.2 Å². The first-order valence-corrected chi connectivity index (χ1v) is 10.8. The van der Waals surface area contributed by atoms with Gasteiger partial charge in [0.05, 0.1) is 25.7 Å². The number of nitriles is 1. The lowest BCUT2D eigenvalue weighted by molar-refractivity contribution is -0.143. The lowest BCUT2D eigenvalue weighted by atomic mass is 10.0. The average molecular weight is 442 g/mol. The molecule has 0 saturated heterocycles. The molecule has 33 heavy (non-hydrogen) atoms. The van der Waals surface area contributed by atoms with Crippen LogP contribution in [0.5, 0.6) is 5.75 Å². The van der Waals surface area contributed by atoms with Gasteiger partial charge in [0.2, 0.25) is 5.82 Å². The molecule has 8 heteroatoms. The molecule has 2 aromatic carbocycles. The molecule has 0 radical (unpaired) electrons. The minimum atomic E-state index is -0.160. The van der Waals surface area contributed by atoms with E-state index in [1.165, 1.54) is 12.7 Å². The van der Waals surface area contributed by atoms with Crippen molar-refractivity contribution in [3.8, 4) is 34.7 Å². The summed E-state index contributed by atoms with van der Waals surface area (Å²) in [6, 6.07) is 13.3. The van der Waals surface area contributed by atoms with Gasteiger partial charge in [0, 0.05) is 33.6 Å². The third-order valence-corrected chi connectivity index (χ3v) is 6.06. The zero-order valence-corrected chi connectivity index (χ0v) is 18.3. The highest BCUT2D eigenvalue weighted by Crippen LogP contribution is 2.40. The van der Waals surface area contributed by atoms with Gasteiger partial charge in [0.15, 0.2) is 0 Å². The van der Waals surface area contributed by atoms with Gasteiger partial charge in [-0.2, -0.15) is 10.2 Å². The number of carbonyl (C=O) groups excluding carboxylic acids is 1. The molecular weight excluding hydrogens is 420 g/mol. The van der Waals surface area contributed by atoms with Crippen molar-refractivity contribution in [2.75, 3.05) is 13.7 Å². The molecular formula is C25H22N4O4. The number of methoxy groups -OCH3 is 1. The number of esters is 1. The van der Waals surface area contributed by atoms with Gasteiger partial charge in [-0.15, -0.1) is 0 Å². The molecule has 0 spiro atoms. The second-order valence-corrected chi connectivity index (χ2v) is 7.97. The Bertz CT molecular complexity index is 1400. The summed E-state index contributed by atoms with van der Waals surface area (Å²) < 4.78 is 15.8. The predicted octanol–water partition coefficient (Wildman–Crippen LogP) is 4.75. The molecule has 8 nitrogen and oxygen atoms in total. The van der Waals surface area contributed by atoms with Crippen LogP contribution < -0.4 is 4.74 Å². The van der Waals surface area contributed by atoms with Gasteiger partial charge >= 0.3 is 5.97 Å². The largest absolute Gasteiger partial charge is 0.495 e. The Morgan fingerprint density at radius 3 is 2.91 bits per heavy atom. The van der Waals surface area contributed by atoms with Crippen LogP contribution in [0.2, 0.25) is 0 Å². The topological polar surface area (TPSA) is 114 Å². The number of rotatable bonds is 6. The maximum absolute atomic E-state index is 12.0. The molecule has 166 valence electrons. The van der Waals surface area contributed by atoms with Crippen LogP contribution in [-0.2, 0) is 16.0 Å². The first-order valence-electron chi connectivity index (χ1n) is 10.8. The van der Waals surface area contributed by atoms with Crippen LogP contribution in [0.15, 0.2) is 40.9 Å². The van der Waals surface area contributed by atoms with Gasteiger partial charge in [-0.3, -0.25) is 4.79 Å². The SMILES string of the molecule is CCOC(=O)CC1CCc2c1[nH]c1ccc(-c3noc(-c4ccc(OC)c(C#N)c4)n3)cc21. The van der Waals surface area contributed by atoms with E-state index in [4.69, 9.17) is 14.0 Å². The number of hydrogen-bond donors (Lipinski definition) is 1. The predicted molar refractivity (Wildman–Crippen MR) is 121 cm³/mol. The molecule has 0 bridgehead atoms. The highest BCUT2D eigenvalue weighted by molar-refractivity contribution is 5.89. The van der Waals surface area contributed by atoms with Gasteiger partial charge in [0.25, 0.3) is 5.89 Å². The molecule has 1 N–H and O–H groups in total. The third-order valence-electron chi connectivity index (χ3n) is 6.06. The van der Waals surface area contributed by atoms with Crippen LogP contribution >= 0.6 is 0 Å². The summed E-state index contributed by atoms with van der Waals surface area (Å²) in [7, 11) is 1.52. The van der Waals surface area contributed by atoms with Crippen molar-refractivity contribution in [2.24, 2.45) is 0 Å². The number of hydrogen-bond acceptors (Lipinski definition) is 7. The average Bonchev–Trinajstić information content (AvgIpc) is 3.55. The molecule has 0 aliphatic heterocycles. The van der Waals surface area contributed by atoms with Crippen LogP contribution in [0.25, 0.3) is 33.7 Å². The van der Waals surface area contributed by atoms with E-state index in [0.717, 1.165) is 35.0 Å². The Morgan fingerprint density at radius 2 is 2.12 bits per heavy atom. The maximum atomic E-state index is 12.0. The minimum absolute atomic E-state index is 0.149. The fourth-order valence-electron chi connectivity index (χ4n) is 4.50.